The Hall–Kier alpha value is -2.59. The number of carbonyl (C=O) groups excluding carboxylic acids is 1. The van der Waals surface area contributed by atoms with Gasteiger partial charge in [-0.05, 0) is 68.0 Å². The highest BCUT2D eigenvalue weighted by atomic mass is 32.2. The van der Waals surface area contributed by atoms with Crippen molar-refractivity contribution in [3.63, 3.8) is 0 Å². The van der Waals surface area contributed by atoms with E-state index >= 15 is 0 Å². The maximum atomic E-state index is 13.4. The van der Waals surface area contributed by atoms with E-state index < -0.39 is 39.6 Å². The Balaban J connectivity index is 1.60. The number of rotatable bonds is 6. The van der Waals surface area contributed by atoms with Crippen molar-refractivity contribution < 1.29 is 26.4 Å². The van der Waals surface area contributed by atoms with Gasteiger partial charge in [0.25, 0.3) is 0 Å². The molecule has 0 unspecified atom stereocenters. The lowest BCUT2D eigenvalue weighted by atomic mass is 9.85. The quantitative estimate of drug-likeness (QED) is 0.508. The molecule has 0 spiro atoms. The van der Waals surface area contributed by atoms with Gasteiger partial charge in [-0.15, -0.1) is 0 Å². The molecule has 1 amide bonds. The van der Waals surface area contributed by atoms with Gasteiger partial charge >= 0.3 is 6.18 Å². The lowest BCUT2D eigenvalue weighted by Gasteiger charge is -2.39. The first-order valence-corrected chi connectivity index (χ1v) is 14.1. The van der Waals surface area contributed by atoms with Crippen LogP contribution in [0.3, 0.4) is 0 Å². The first-order chi connectivity index (χ1) is 16.9. The molecular formula is C26H32F3N3O3S. The molecule has 1 saturated carbocycles. The summed E-state index contributed by atoms with van der Waals surface area (Å²) in [6.45, 7) is 1.64. The monoisotopic (exact) mass is 523 g/mol. The molecule has 2 aliphatic rings. The zero-order valence-corrected chi connectivity index (χ0v) is 21.3. The van der Waals surface area contributed by atoms with Crippen LogP contribution in [0.1, 0.15) is 61.3 Å². The Morgan fingerprint density at radius 1 is 0.972 bits per heavy atom. The van der Waals surface area contributed by atoms with Gasteiger partial charge in [0.05, 0.1) is 23.8 Å². The average molecular weight is 524 g/mol. The van der Waals surface area contributed by atoms with Crippen LogP contribution >= 0.6 is 0 Å². The smallest absolute Gasteiger partial charge is 0.382 e. The maximum Gasteiger partial charge on any atom is 0.416 e. The normalized spacial score (nSPS) is 21.9. The van der Waals surface area contributed by atoms with E-state index in [4.69, 9.17) is 0 Å². The Bertz CT molecular complexity index is 1190. The van der Waals surface area contributed by atoms with Gasteiger partial charge in [-0.3, -0.25) is 4.79 Å². The number of benzene rings is 2. The van der Waals surface area contributed by atoms with Crippen molar-refractivity contribution >= 4 is 27.3 Å². The van der Waals surface area contributed by atoms with Gasteiger partial charge in [-0.2, -0.15) is 17.5 Å². The molecule has 0 bridgehead atoms. The zero-order chi connectivity index (χ0) is 26.1. The van der Waals surface area contributed by atoms with Crippen LogP contribution in [0.2, 0.25) is 0 Å². The highest BCUT2D eigenvalue weighted by molar-refractivity contribution is 7.88. The van der Waals surface area contributed by atoms with Crippen LogP contribution in [0.25, 0.3) is 0 Å². The molecule has 0 aromatic heterocycles. The minimum atomic E-state index is -4.54. The Morgan fingerprint density at radius 2 is 1.61 bits per heavy atom. The topological polar surface area (TPSA) is 78.5 Å². The molecule has 10 heteroatoms. The number of anilines is 2. The van der Waals surface area contributed by atoms with Crippen LogP contribution in [-0.4, -0.2) is 37.5 Å². The van der Waals surface area contributed by atoms with Crippen LogP contribution in [0.15, 0.2) is 42.5 Å². The van der Waals surface area contributed by atoms with Gasteiger partial charge in [-0.1, -0.05) is 31.0 Å². The maximum absolute atomic E-state index is 13.4. The second kappa shape index (κ2) is 10.4. The standard InChI is InChI=1S/C26H32F3N3O3S/c1-17-9-12-21(16-23(17)26(27,28)29)31-25(33)22-8-5-15-32(36(2,34)35)24(22)18-10-13-20(14-11-18)30-19-6-3-4-7-19/h9-14,16,19,22,24,30H,3-8,15H2,1-2H3,(H,31,33)/t22-,24-/m0/s1. The number of amides is 1. The van der Waals surface area contributed by atoms with Crippen molar-refractivity contribution in [3.05, 3.63) is 59.2 Å². The summed E-state index contributed by atoms with van der Waals surface area (Å²) in [5, 5.41) is 6.11. The number of hydrogen-bond acceptors (Lipinski definition) is 4. The Morgan fingerprint density at radius 3 is 2.22 bits per heavy atom. The Kier molecular flexibility index (Phi) is 7.66. The zero-order valence-electron chi connectivity index (χ0n) is 20.4. The van der Waals surface area contributed by atoms with Crippen molar-refractivity contribution in [1.82, 2.24) is 4.31 Å². The van der Waals surface area contributed by atoms with Crippen molar-refractivity contribution in [2.45, 2.75) is 63.7 Å². The largest absolute Gasteiger partial charge is 0.416 e. The summed E-state index contributed by atoms with van der Waals surface area (Å²) in [7, 11) is -3.63. The third-order valence-corrected chi connectivity index (χ3v) is 8.40. The van der Waals surface area contributed by atoms with Crippen LogP contribution in [0, 0.1) is 12.8 Å². The molecule has 2 atom stereocenters. The van der Waals surface area contributed by atoms with Crippen LogP contribution in [0.4, 0.5) is 24.5 Å². The van der Waals surface area contributed by atoms with E-state index in [9.17, 15) is 26.4 Å². The summed E-state index contributed by atoms with van der Waals surface area (Å²) in [4.78, 5) is 13.3. The van der Waals surface area contributed by atoms with E-state index in [1.807, 2.05) is 24.3 Å². The predicted molar refractivity (Wildman–Crippen MR) is 134 cm³/mol. The van der Waals surface area contributed by atoms with E-state index in [1.165, 1.54) is 36.2 Å². The molecule has 2 aromatic carbocycles. The van der Waals surface area contributed by atoms with Gasteiger partial charge in [-0.25, -0.2) is 8.42 Å². The highest BCUT2D eigenvalue weighted by Crippen LogP contribution is 2.39. The number of piperidine rings is 1. The lowest BCUT2D eigenvalue weighted by molar-refractivity contribution is -0.138. The molecule has 6 nitrogen and oxygen atoms in total. The average Bonchev–Trinajstić information content (AvgIpc) is 3.32. The SMILES string of the molecule is Cc1ccc(NC(=O)[C@H]2CCCN(S(C)(=O)=O)[C@H]2c2ccc(NC3CCCC3)cc2)cc1C(F)(F)F. The predicted octanol–water partition coefficient (Wildman–Crippen LogP) is 5.72. The van der Waals surface area contributed by atoms with E-state index in [2.05, 4.69) is 10.6 Å². The number of sulfonamides is 1. The summed E-state index contributed by atoms with van der Waals surface area (Å²) >= 11 is 0. The molecule has 2 fully saturated rings. The van der Waals surface area contributed by atoms with Crippen molar-refractivity contribution in [1.29, 1.82) is 0 Å². The molecular weight excluding hydrogens is 491 g/mol. The van der Waals surface area contributed by atoms with Gasteiger partial charge in [0.2, 0.25) is 15.9 Å². The van der Waals surface area contributed by atoms with E-state index in [-0.39, 0.29) is 17.8 Å². The first-order valence-electron chi connectivity index (χ1n) is 12.3. The third kappa shape index (κ3) is 6.03. The number of nitrogens with zero attached hydrogens (tertiary/aromatic N) is 1. The van der Waals surface area contributed by atoms with Gasteiger partial charge in [0.15, 0.2) is 0 Å². The molecule has 196 valence electrons. The minimum absolute atomic E-state index is 0.0317. The fraction of sp³-hybridized carbons (Fsp3) is 0.500. The van der Waals surface area contributed by atoms with Crippen molar-refractivity contribution in [3.8, 4) is 0 Å². The fourth-order valence-corrected chi connectivity index (χ4v) is 6.47. The second-order valence-corrected chi connectivity index (χ2v) is 11.8. The highest BCUT2D eigenvalue weighted by Gasteiger charge is 2.41. The lowest BCUT2D eigenvalue weighted by Crippen LogP contribution is -2.46. The summed E-state index contributed by atoms with van der Waals surface area (Å²) < 4.78 is 66.7. The summed E-state index contributed by atoms with van der Waals surface area (Å²) in [5.74, 6) is -1.25. The second-order valence-electron chi connectivity index (χ2n) is 9.83. The molecule has 2 N–H and O–H groups in total. The molecule has 36 heavy (non-hydrogen) atoms. The number of carbonyl (C=O) groups is 1. The Labute approximate surface area is 210 Å². The molecule has 0 radical (unpaired) electrons. The molecule has 2 aromatic rings. The summed E-state index contributed by atoms with van der Waals surface area (Å²) in [6.07, 6.45) is 2.10. The number of hydrogen-bond donors (Lipinski definition) is 2. The van der Waals surface area contributed by atoms with Crippen molar-refractivity contribution in [2.75, 3.05) is 23.4 Å². The molecule has 4 rings (SSSR count). The van der Waals surface area contributed by atoms with E-state index in [1.54, 1.807) is 0 Å². The first kappa shape index (κ1) is 26.5. The van der Waals surface area contributed by atoms with E-state index in [0.29, 0.717) is 24.4 Å². The number of aryl methyl sites for hydroxylation is 1. The van der Waals surface area contributed by atoms with Crippen LogP contribution in [0.5, 0.6) is 0 Å². The van der Waals surface area contributed by atoms with Crippen LogP contribution < -0.4 is 10.6 Å². The van der Waals surface area contributed by atoms with Gasteiger partial charge in [0, 0.05) is 24.0 Å². The van der Waals surface area contributed by atoms with E-state index in [0.717, 1.165) is 30.9 Å². The van der Waals surface area contributed by atoms with Crippen molar-refractivity contribution in [2.24, 2.45) is 5.92 Å². The molecule has 1 aliphatic heterocycles. The molecule has 1 heterocycles. The molecule has 1 saturated heterocycles. The number of nitrogens with one attached hydrogen (secondary N) is 2. The van der Waals surface area contributed by atoms with Gasteiger partial charge < -0.3 is 10.6 Å². The van der Waals surface area contributed by atoms with Crippen LogP contribution in [-0.2, 0) is 21.0 Å². The fourth-order valence-electron chi connectivity index (χ4n) is 5.33. The molecule has 1 aliphatic carbocycles. The minimum Gasteiger partial charge on any atom is -0.382 e. The number of alkyl halides is 3. The third-order valence-electron chi connectivity index (χ3n) is 7.14. The summed E-state index contributed by atoms with van der Waals surface area (Å²) in [6, 6.07) is 10.8. The van der Waals surface area contributed by atoms with Gasteiger partial charge in [0.1, 0.15) is 0 Å². The number of halogens is 3. The summed E-state index contributed by atoms with van der Waals surface area (Å²) in [5.41, 5.74) is 0.892.